The maximum absolute atomic E-state index is 13.7. The monoisotopic (exact) mass is 532 g/mol. The number of nitrogens with zero attached hydrogens (tertiary/aromatic N) is 4. The van der Waals surface area contributed by atoms with Gasteiger partial charge in [-0.15, -0.1) is 10.2 Å². The third kappa shape index (κ3) is 5.74. The standard InChI is InChI=1S/C25H32N4O7S/c1-25(2,3)36-24(30)28-13-7-9-17(15-28)37(31,32)16-21-26-27-23(20-12-8-14-35-20)29(21)22-18(33-4)10-6-11-19(22)34-5/h6,8,10-12,14,17H,7,9,13,15-16H2,1-5H3/t17-/m0/s1. The van der Waals surface area contributed by atoms with Gasteiger partial charge in [-0.2, -0.15) is 0 Å². The summed E-state index contributed by atoms with van der Waals surface area (Å²) in [6, 6.07) is 8.66. The second-order valence-corrected chi connectivity index (χ2v) is 12.0. The number of piperidine rings is 1. The molecule has 1 aromatic carbocycles. The zero-order valence-electron chi connectivity index (χ0n) is 21.6. The second kappa shape index (κ2) is 10.4. The fourth-order valence-corrected chi connectivity index (χ4v) is 6.00. The predicted octanol–water partition coefficient (Wildman–Crippen LogP) is 3.86. The van der Waals surface area contributed by atoms with Crippen molar-refractivity contribution < 1.29 is 31.8 Å². The quantitative estimate of drug-likeness (QED) is 0.446. The van der Waals surface area contributed by atoms with Crippen molar-refractivity contribution in [3.05, 3.63) is 42.4 Å². The minimum absolute atomic E-state index is 0.0500. The normalized spacial score (nSPS) is 16.5. The van der Waals surface area contributed by atoms with Crippen molar-refractivity contribution in [1.82, 2.24) is 19.7 Å². The van der Waals surface area contributed by atoms with E-state index in [9.17, 15) is 13.2 Å². The summed E-state index contributed by atoms with van der Waals surface area (Å²) in [5, 5.41) is 7.72. The summed E-state index contributed by atoms with van der Waals surface area (Å²) in [4.78, 5) is 14.1. The van der Waals surface area contributed by atoms with Gasteiger partial charge in [0.1, 0.15) is 28.5 Å². The molecule has 0 radical (unpaired) electrons. The predicted molar refractivity (Wildman–Crippen MR) is 136 cm³/mol. The zero-order chi connectivity index (χ0) is 26.8. The van der Waals surface area contributed by atoms with Crippen LogP contribution in [0.2, 0.25) is 0 Å². The molecule has 0 unspecified atom stereocenters. The number of methoxy groups -OCH3 is 2. The third-order valence-electron chi connectivity index (χ3n) is 5.97. The molecular weight excluding hydrogens is 500 g/mol. The van der Waals surface area contributed by atoms with E-state index < -0.39 is 32.5 Å². The van der Waals surface area contributed by atoms with Crippen molar-refractivity contribution >= 4 is 15.9 Å². The lowest BCUT2D eigenvalue weighted by Crippen LogP contribution is -2.47. The molecule has 1 amide bonds. The lowest BCUT2D eigenvalue weighted by atomic mass is 10.1. The molecule has 0 saturated carbocycles. The highest BCUT2D eigenvalue weighted by molar-refractivity contribution is 7.91. The third-order valence-corrected chi connectivity index (χ3v) is 8.03. The number of ether oxygens (including phenoxy) is 3. The minimum atomic E-state index is -3.76. The Kier molecular flexibility index (Phi) is 7.49. The summed E-state index contributed by atoms with van der Waals surface area (Å²) >= 11 is 0. The Morgan fingerprint density at radius 3 is 2.41 bits per heavy atom. The molecule has 12 heteroatoms. The summed E-state index contributed by atoms with van der Waals surface area (Å²) < 4.78 is 51.0. The molecule has 0 bridgehead atoms. The summed E-state index contributed by atoms with van der Waals surface area (Å²) in [6.07, 6.45) is 1.96. The first kappa shape index (κ1) is 26.5. The minimum Gasteiger partial charge on any atom is -0.494 e. The largest absolute Gasteiger partial charge is 0.494 e. The first-order valence-corrected chi connectivity index (χ1v) is 13.6. The van der Waals surface area contributed by atoms with Crippen LogP contribution in [-0.4, -0.2) is 72.3 Å². The molecule has 1 saturated heterocycles. The Morgan fingerprint density at radius 2 is 1.81 bits per heavy atom. The number of aromatic nitrogens is 3. The van der Waals surface area contributed by atoms with E-state index in [1.807, 2.05) is 0 Å². The molecule has 3 aromatic rings. The number of carbonyl (C=O) groups excluding carboxylic acids is 1. The van der Waals surface area contributed by atoms with E-state index in [-0.39, 0.29) is 12.4 Å². The Labute approximate surface area is 216 Å². The van der Waals surface area contributed by atoms with Crippen LogP contribution in [0.15, 0.2) is 41.0 Å². The lowest BCUT2D eigenvalue weighted by Gasteiger charge is -2.33. The van der Waals surface area contributed by atoms with Crippen LogP contribution in [0.4, 0.5) is 4.79 Å². The highest BCUT2D eigenvalue weighted by Crippen LogP contribution is 2.37. The molecule has 37 heavy (non-hydrogen) atoms. The maximum Gasteiger partial charge on any atom is 0.410 e. The maximum atomic E-state index is 13.7. The number of benzene rings is 1. The number of hydrogen-bond donors (Lipinski definition) is 0. The van der Waals surface area contributed by atoms with Crippen LogP contribution in [0.5, 0.6) is 11.5 Å². The average Bonchev–Trinajstić information content (AvgIpc) is 3.52. The van der Waals surface area contributed by atoms with Gasteiger partial charge in [-0.05, 0) is 57.9 Å². The van der Waals surface area contributed by atoms with Gasteiger partial charge in [0.25, 0.3) is 0 Å². The molecule has 200 valence electrons. The van der Waals surface area contributed by atoms with Crippen molar-refractivity contribution in [2.24, 2.45) is 0 Å². The van der Waals surface area contributed by atoms with Crippen LogP contribution in [0.1, 0.15) is 39.4 Å². The lowest BCUT2D eigenvalue weighted by molar-refractivity contribution is 0.0219. The van der Waals surface area contributed by atoms with Gasteiger partial charge in [-0.25, -0.2) is 13.2 Å². The van der Waals surface area contributed by atoms with Crippen molar-refractivity contribution in [3.8, 4) is 28.8 Å². The van der Waals surface area contributed by atoms with Gasteiger partial charge >= 0.3 is 6.09 Å². The number of hydrogen-bond acceptors (Lipinski definition) is 9. The van der Waals surface area contributed by atoms with Gasteiger partial charge in [-0.3, -0.25) is 4.57 Å². The number of furan rings is 1. The van der Waals surface area contributed by atoms with Crippen LogP contribution in [-0.2, 0) is 20.3 Å². The number of sulfone groups is 1. The molecule has 2 aromatic heterocycles. The molecule has 1 aliphatic rings. The van der Waals surface area contributed by atoms with E-state index in [2.05, 4.69) is 10.2 Å². The molecule has 1 atom stereocenters. The summed E-state index contributed by atoms with van der Waals surface area (Å²) in [6.45, 7) is 5.82. The van der Waals surface area contributed by atoms with E-state index in [0.29, 0.717) is 48.2 Å². The Balaban J connectivity index is 1.71. The van der Waals surface area contributed by atoms with Crippen LogP contribution in [0.3, 0.4) is 0 Å². The highest BCUT2D eigenvalue weighted by atomic mass is 32.2. The van der Waals surface area contributed by atoms with Gasteiger partial charge in [-0.1, -0.05) is 6.07 Å². The SMILES string of the molecule is COc1cccc(OC)c1-n1c(CS(=O)(=O)[C@H]2CCCN(C(=O)OC(C)(C)C)C2)nnc1-c1ccco1. The van der Waals surface area contributed by atoms with Gasteiger partial charge in [0.2, 0.25) is 5.82 Å². The average molecular weight is 533 g/mol. The van der Waals surface area contributed by atoms with Crippen molar-refractivity contribution in [3.63, 3.8) is 0 Å². The molecule has 0 aliphatic carbocycles. The van der Waals surface area contributed by atoms with Crippen LogP contribution in [0, 0.1) is 0 Å². The fourth-order valence-electron chi connectivity index (χ4n) is 4.28. The Morgan fingerprint density at radius 1 is 1.11 bits per heavy atom. The van der Waals surface area contributed by atoms with Crippen LogP contribution >= 0.6 is 0 Å². The fraction of sp³-hybridized carbons (Fsp3) is 0.480. The van der Waals surface area contributed by atoms with E-state index in [0.717, 1.165) is 0 Å². The number of likely N-dealkylation sites (tertiary alicyclic amines) is 1. The van der Waals surface area contributed by atoms with Crippen molar-refractivity contribution in [2.75, 3.05) is 27.3 Å². The second-order valence-electron chi connectivity index (χ2n) is 9.76. The van der Waals surface area contributed by atoms with Crippen LogP contribution in [0.25, 0.3) is 17.3 Å². The first-order valence-electron chi connectivity index (χ1n) is 11.9. The van der Waals surface area contributed by atoms with E-state index in [1.165, 1.54) is 25.4 Å². The summed E-state index contributed by atoms with van der Waals surface area (Å²) in [7, 11) is -0.731. The molecule has 3 heterocycles. The number of amides is 1. The Hall–Kier alpha value is -3.54. The molecule has 4 rings (SSSR count). The number of para-hydroxylation sites is 1. The number of carbonyl (C=O) groups is 1. The van der Waals surface area contributed by atoms with Crippen molar-refractivity contribution in [1.29, 1.82) is 0 Å². The van der Waals surface area contributed by atoms with Gasteiger partial charge < -0.3 is 23.5 Å². The molecule has 0 spiro atoms. The highest BCUT2D eigenvalue weighted by Gasteiger charge is 2.36. The van der Waals surface area contributed by atoms with Gasteiger partial charge in [0.05, 0.1) is 25.7 Å². The van der Waals surface area contributed by atoms with E-state index in [1.54, 1.807) is 55.7 Å². The van der Waals surface area contributed by atoms with Crippen molar-refractivity contribution in [2.45, 2.75) is 50.2 Å². The van der Waals surface area contributed by atoms with Gasteiger partial charge in [0.15, 0.2) is 21.4 Å². The molecule has 1 fully saturated rings. The smallest absolute Gasteiger partial charge is 0.410 e. The van der Waals surface area contributed by atoms with Crippen LogP contribution < -0.4 is 9.47 Å². The molecular formula is C25H32N4O7S. The molecule has 11 nitrogen and oxygen atoms in total. The van der Waals surface area contributed by atoms with E-state index in [4.69, 9.17) is 18.6 Å². The van der Waals surface area contributed by atoms with E-state index >= 15 is 0 Å². The Bertz CT molecular complexity index is 1320. The zero-order valence-corrected chi connectivity index (χ0v) is 22.4. The van der Waals surface area contributed by atoms with Gasteiger partial charge in [0, 0.05) is 13.1 Å². The summed E-state index contributed by atoms with van der Waals surface area (Å²) in [5.74, 6) is 1.35. The molecule has 1 aliphatic heterocycles. The molecule has 0 N–H and O–H groups in total. The first-order chi connectivity index (χ1) is 17.5. The topological polar surface area (TPSA) is 126 Å². The number of rotatable bonds is 7. The summed E-state index contributed by atoms with van der Waals surface area (Å²) in [5.41, 5.74) is -0.219.